The summed E-state index contributed by atoms with van der Waals surface area (Å²) in [4.78, 5) is 12.4. The van der Waals surface area contributed by atoms with Crippen LogP contribution in [0, 0.1) is 17.7 Å². The second kappa shape index (κ2) is 14.7. The normalized spacial score (nSPS) is 19.1. The molecule has 7 nitrogen and oxygen atoms in total. The molecule has 39 heavy (non-hydrogen) atoms. The van der Waals surface area contributed by atoms with E-state index in [0.29, 0.717) is 17.2 Å². The van der Waals surface area contributed by atoms with Gasteiger partial charge >= 0.3 is 5.97 Å². The zero-order valence-electron chi connectivity index (χ0n) is 23.8. The van der Waals surface area contributed by atoms with Crippen molar-refractivity contribution in [3.05, 3.63) is 52.8 Å². The number of ether oxygens (including phenoxy) is 4. The van der Waals surface area contributed by atoms with E-state index in [4.69, 9.17) is 18.9 Å². The summed E-state index contributed by atoms with van der Waals surface area (Å²) in [6, 6.07) is 8.71. The van der Waals surface area contributed by atoms with Crippen LogP contribution in [0.15, 0.2) is 30.3 Å². The molecule has 9 heteroatoms. The SMILES string of the molecule is COc1cc(CCCNCCC2CCc3cc(F)ccc3C2(C(C)C)C(OC)C(=O)O)cc(OC)c1OC.Cl. The summed E-state index contributed by atoms with van der Waals surface area (Å²) in [6.45, 7) is 5.66. The van der Waals surface area contributed by atoms with Crippen molar-refractivity contribution in [1.82, 2.24) is 5.32 Å². The van der Waals surface area contributed by atoms with Gasteiger partial charge in [0.15, 0.2) is 17.6 Å². The van der Waals surface area contributed by atoms with E-state index in [1.54, 1.807) is 33.5 Å². The molecular formula is C30H43ClFNO6. The lowest BCUT2D eigenvalue weighted by Gasteiger charge is -2.51. The van der Waals surface area contributed by atoms with Gasteiger partial charge in [0.1, 0.15) is 5.82 Å². The number of carbonyl (C=O) groups is 1. The number of benzene rings is 2. The second-order valence-electron chi connectivity index (χ2n) is 10.3. The quantitative estimate of drug-likeness (QED) is 0.294. The van der Waals surface area contributed by atoms with Gasteiger partial charge in [0.2, 0.25) is 5.75 Å². The van der Waals surface area contributed by atoms with E-state index in [-0.39, 0.29) is 30.1 Å². The van der Waals surface area contributed by atoms with Crippen molar-refractivity contribution in [3.63, 3.8) is 0 Å². The number of carboxylic acid groups (broad SMARTS) is 1. The summed E-state index contributed by atoms with van der Waals surface area (Å²) < 4.78 is 36.0. The second-order valence-corrected chi connectivity index (χ2v) is 10.3. The first kappa shape index (κ1) is 32.7. The van der Waals surface area contributed by atoms with Gasteiger partial charge in [0.05, 0.1) is 21.3 Å². The maximum atomic E-state index is 14.1. The molecule has 2 aromatic rings. The van der Waals surface area contributed by atoms with Crippen LogP contribution in [0.25, 0.3) is 0 Å². The van der Waals surface area contributed by atoms with Gasteiger partial charge in [-0.1, -0.05) is 19.9 Å². The van der Waals surface area contributed by atoms with Crippen molar-refractivity contribution < 1.29 is 33.2 Å². The smallest absolute Gasteiger partial charge is 0.333 e. The number of carboxylic acids is 1. The van der Waals surface area contributed by atoms with Crippen molar-refractivity contribution in [2.75, 3.05) is 41.5 Å². The van der Waals surface area contributed by atoms with E-state index in [9.17, 15) is 14.3 Å². The first-order valence-electron chi connectivity index (χ1n) is 13.3. The number of nitrogens with one attached hydrogen (secondary N) is 1. The lowest BCUT2D eigenvalue weighted by atomic mass is 9.54. The van der Waals surface area contributed by atoms with Crippen LogP contribution in [0.4, 0.5) is 4.39 Å². The van der Waals surface area contributed by atoms with Crippen LogP contribution in [0.2, 0.25) is 0 Å². The Hall–Kier alpha value is -2.55. The Morgan fingerprint density at radius 3 is 2.28 bits per heavy atom. The maximum Gasteiger partial charge on any atom is 0.333 e. The minimum Gasteiger partial charge on any atom is -0.493 e. The number of aliphatic carboxylic acids is 1. The largest absolute Gasteiger partial charge is 0.493 e. The highest BCUT2D eigenvalue weighted by Gasteiger charge is 2.54. The van der Waals surface area contributed by atoms with E-state index in [0.717, 1.165) is 61.9 Å². The molecule has 1 aliphatic rings. The average molecular weight is 568 g/mol. The van der Waals surface area contributed by atoms with Crippen LogP contribution in [-0.4, -0.2) is 58.7 Å². The Kier molecular flexibility index (Phi) is 12.3. The van der Waals surface area contributed by atoms with Crippen LogP contribution in [0.5, 0.6) is 17.2 Å². The Morgan fingerprint density at radius 1 is 1.08 bits per heavy atom. The molecule has 0 amide bonds. The Bertz CT molecular complexity index is 1070. The summed E-state index contributed by atoms with van der Waals surface area (Å²) in [7, 11) is 6.27. The molecule has 0 radical (unpaired) electrons. The van der Waals surface area contributed by atoms with Gasteiger partial charge in [0.25, 0.3) is 0 Å². The molecule has 2 N–H and O–H groups in total. The van der Waals surface area contributed by atoms with Crippen LogP contribution in [0.3, 0.4) is 0 Å². The molecule has 0 aliphatic heterocycles. The van der Waals surface area contributed by atoms with E-state index in [1.807, 2.05) is 26.0 Å². The lowest BCUT2D eigenvalue weighted by molar-refractivity contribution is -0.158. The average Bonchev–Trinajstić information content (AvgIpc) is 2.90. The third kappa shape index (κ3) is 6.79. The molecule has 0 aromatic heterocycles. The van der Waals surface area contributed by atoms with Crippen molar-refractivity contribution >= 4 is 18.4 Å². The summed E-state index contributed by atoms with van der Waals surface area (Å²) >= 11 is 0. The van der Waals surface area contributed by atoms with Gasteiger partial charge < -0.3 is 29.4 Å². The molecule has 3 rings (SSSR count). The first-order chi connectivity index (χ1) is 18.2. The highest BCUT2D eigenvalue weighted by molar-refractivity contribution is 5.85. The zero-order chi connectivity index (χ0) is 27.9. The third-order valence-corrected chi connectivity index (χ3v) is 8.03. The number of aryl methyl sites for hydroxylation is 2. The molecule has 0 saturated heterocycles. The molecule has 0 saturated carbocycles. The fourth-order valence-electron chi connectivity index (χ4n) is 6.40. The van der Waals surface area contributed by atoms with E-state index >= 15 is 0 Å². The minimum absolute atomic E-state index is 0. The molecule has 3 atom stereocenters. The fourth-order valence-corrected chi connectivity index (χ4v) is 6.40. The van der Waals surface area contributed by atoms with Crippen LogP contribution >= 0.6 is 12.4 Å². The van der Waals surface area contributed by atoms with E-state index < -0.39 is 17.5 Å². The van der Waals surface area contributed by atoms with Gasteiger partial charge in [-0.3, -0.25) is 0 Å². The van der Waals surface area contributed by atoms with Gasteiger partial charge in [-0.2, -0.15) is 0 Å². The van der Waals surface area contributed by atoms with Gasteiger partial charge in [-0.15, -0.1) is 12.4 Å². The number of rotatable bonds is 14. The van der Waals surface area contributed by atoms with Crippen LogP contribution < -0.4 is 19.5 Å². The van der Waals surface area contributed by atoms with Crippen LogP contribution in [-0.2, 0) is 27.8 Å². The molecule has 218 valence electrons. The fraction of sp³-hybridized carbons (Fsp3) is 0.567. The van der Waals surface area contributed by atoms with Gasteiger partial charge in [-0.25, -0.2) is 9.18 Å². The molecule has 0 bridgehead atoms. The molecule has 3 unspecified atom stereocenters. The van der Waals surface area contributed by atoms with E-state index in [1.165, 1.54) is 13.2 Å². The number of fused-ring (bicyclic) bond motifs is 1. The molecule has 0 fully saturated rings. The highest BCUT2D eigenvalue weighted by Crippen LogP contribution is 2.51. The minimum atomic E-state index is -1.02. The number of halogens is 2. The predicted molar refractivity (Wildman–Crippen MR) is 152 cm³/mol. The zero-order valence-corrected chi connectivity index (χ0v) is 24.7. The van der Waals surface area contributed by atoms with Crippen molar-refractivity contribution in [3.8, 4) is 17.2 Å². The maximum absolute atomic E-state index is 14.1. The Balaban J connectivity index is 0.00000533. The van der Waals surface area contributed by atoms with Crippen molar-refractivity contribution in [1.29, 1.82) is 0 Å². The number of hydrogen-bond acceptors (Lipinski definition) is 6. The standard InChI is InChI=1S/C30H42FNO6.ClH/c1-19(2)30(28(38-6)29(33)34)22(10-9-21-18-23(31)11-12-24(21)30)13-15-32-14-7-8-20-16-25(35-3)27(37-5)26(17-20)36-4;/h11-12,16-19,22,28,32H,7-10,13-15H2,1-6H3,(H,33,34);1H. The van der Waals surface area contributed by atoms with Crippen LogP contribution in [0.1, 0.15) is 49.8 Å². The van der Waals surface area contributed by atoms with Crippen molar-refractivity contribution in [2.24, 2.45) is 11.8 Å². The predicted octanol–water partition coefficient (Wildman–Crippen LogP) is 5.44. The summed E-state index contributed by atoms with van der Waals surface area (Å²) in [5.74, 6) is 0.645. The van der Waals surface area contributed by atoms with Gasteiger partial charge in [0, 0.05) is 12.5 Å². The molecule has 0 spiro atoms. The Labute approximate surface area is 237 Å². The summed E-state index contributed by atoms with van der Waals surface area (Å²) in [6.07, 6.45) is 3.05. The van der Waals surface area contributed by atoms with Crippen molar-refractivity contribution in [2.45, 2.75) is 57.5 Å². The highest BCUT2D eigenvalue weighted by atomic mass is 35.5. The summed E-state index contributed by atoms with van der Waals surface area (Å²) in [5.41, 5.74) is 2.14. The molecular weight excluding hydrogens is 525 g/mol. The first-order valence-corrected chi connectivity index (χ1v) is 13.3. The van der Waals surface area contributed by atoms with E-state index in [2.05, 4.69) is 5.32 Å². The summed E-state index contributed by atoms with van der Waals surface area (Å²) in [5, 5.41) is 13.7. The molecule has 0 heterocycles. The topological polar surface area (TPSA) is 86.3 Å². The molecule has 2 aromatic carbocycles. The third-order valence-electron chi connectivity index (χ3n) is 8.03. The Morgan fingerprint density at radius 2 is 1.74 bits per heavy atom. The monoisotopic (exact) mass is 567 g/mol. The number of hydrogen-bond donors (Lipinski definition) is 2. The number of methoxy groups -OCH3 is 4. The van der Waals surface area contributed by atoms with Gasteiger partial charge in [-0.05, 0) is 98.0 Å². The molecule has 1 aliphatic carbocycles. The lowest BCUT2D eigenvalue weighted by Crippen LogP contribution is -2.56.